The number of rotatable bonds is 18. The van der Waals surface area contributed by atoms with Gasteiger partial charge in [-0.2, -0.15) is 0 Å². The Hall–Kier alpha value is -3.31. The van der Waals surface area contributed by atoms with Crippen LogP contribution in [0.5, 0.6) is 0 Å². The molecule has 6 unspecified atom stereocenters. The van der Waals surface area contributed by atoms with Crippen LogP contribution in [0.1, 0.15) is 61.8 Å². The third-order valence-corrected chi connectivity index (χ3v) is 17.9. The minimum absolute atomic E-state index is 0.0899. The summed E-state index contributed by atoms with van der Waals surface area (Å²) in [4.78, 5) is 40.7. The van der Waals surface area contributed by atoms with Crippen molar-refractivity contribution in [3.8, 4) is 0 Å². The number of aliphatic carboxylic acids is 3. The van der Waals surface area contributed by atoms with E-state index < -0.39 is 28.7 Å². The van der Waals surface area contributed by atoms with Gasteiger partial charge in [-0.3, -0.25) is 19.3 Å². The predicted molar refractivity (Wildman–Crippen MR) is 210 cm³/mol. The lowest BCUT2D eigenvalue weighted by Crippen LogP contribution is -3.10. The van der Waals surface area contributed by atoms with Gasteiger partial charge in [0.1, 0.15) is 0 Å². The molecule has 11 rings (SSSR count). The monoisotopic (exact) mass is 764 g/mol. The molecule has 3 heterocycles. The zero-order valence-electron chi connectivity index (χ0n) is 33.0. The van der Waals surface area contributed by atoms with E-state index in [2.05, 4.69) is 69.4 Å². The minimum atomic E-state index is -0.840. The van der Waals surface area contributed by atoms with E-state index in [0.29, 0.717) is 24.7 Å². The van der Waals surface area contributed by atoms with Crippen LogP contribution < -0.4 is 16.0 Å². The van der Waals surface area contributed by atoms with Crippen LogP contribution in [-0.4, -0.2) is 83.9 Å². The molecule has 300 valence electrons. The fraction of sp³-hybridized carbons (Fsp3) is 0.674. The average Bonchev–Trinajstić information content (AvgIpc) is 3.99. The summed E-state index contributed by atoms with van der Waals surface area (Å²) < 4.78 is 0. The summed E-state index contributed by atoms with van der Waals surface area (Å²) in [5, 5.41) is 41.4. The number of carboxylic acids is 3. The Morgan fingerprint density at radius 2 is 1.20 bits per heavy atom. The Morgan fingerprint density at radius 1 is 0.714 bits per heavy atom. The van der Waals surface area contributed by atoms with Gasteiger partial charge in [-0.15, -0.1) is 0 Å². The number of nitrogens with one attached hydrogen (secondary N) is 3. The molecule has 3 saturated heterocycles. The normalized spacial score (nSPS) is 39.2. The molecule has 10 atom stereocenters. The molecule has 6 saturated carbocycles. The highest BCUT2D eigenvalue weighted by atomic mass is 16.4. The van der Waals surface area contributed by atoms with E-state index in [-0.39, 0.29) is 34.5 Å². The average molecular weight is 765 g/mol. The molecule has 2 aromatic rings. The van der Waals surface area contributed by atoms with E-state index in [1.54, 1.807) is 0 Å². The molecule has 6 N–H and O–H groups in total. The van der Waals surface area contributed by atoms with Crippen molar-refractivity contribution in [1.82, 2.24) is 20.9 Å². The van der Waals surface area contributed by atoms with Crippen LogP contribution in [0.15, 0.2) is 48.5 Å². The fourth-order valence-electron chi connectivity index (χ4n) is 15.5. The summed E-state index contributed by atoms with van der Waals surface area (Å²) in [6, 6.07) is 17.2. The molecule has 3 aliphatic heterocycles. The third kappa shape index (κ3) is 5.03. The molecule has 9 aliphatic rings. The summed E-state index contributed by atoms with van der Waals surface area (Å²) in [6.07, 6.45) is 4.56. The van der Waals surface area contributed by atoms with E-state index >= 15 is 0 Å². The van der Waals surface area contributed by atoms with Gasteiger partial charge in [0.2, 0.25) is 0 Å². The first-order chi connectivity index (χ1) is 26.9. The highest BCUT2D eigenvalue weighted by Crippen LogP contribution is 3.11. The first-order valence-electron chi connectivity index (χ1n) is 21.6. The molecular weight excluding hydrogens is 705 g/mol. The lowest BCUT2D eigenvalue weighted by Gasteiger charge is -3.12. The summed E-state index contributed by atoms with van der Waals surface area (Å²) in [6.45, 7) is 11.3. The van der Waals surface area contributed by atoms with E-state index in [4.69, 9.17) is 0 Å². The molecule has 0 bridgehead atoms. The molecule has 6 aliphatic carbocycles. The van der Waals surface area contributed by atoms with Gasteiger partial charge in [-0.1, -0.05) is 48.5 Å². The van der Waals surface area contributed by atoms with Gasteiger partial charge in [0.25, 0.3) is 0 Å². The van der Waals surface area contributed by atoms with Crippen LogP contribution in [0, 0.1) is 80.8 Å². The second kappa shape index (κ2) is 13.1. The van der Waals surface area contributed by atoms with Crippen LogP contribution in [0.25, 0.3) is 0 Å². The third-order valence-electron chi connectivity index (χ3n) is 17.9. The van der Waals surface area contributed by atoms with Gasteiger partial charge in [0, 0.05) is 19.6 Å². The summed E-state index contributed by atoms with van der Waals surface area (Å²) in [5.74, 6) is 2.53. The molecule has 2 aromatic carbocycles. The SMILES string of the molecule is CC(Cc1cccc(CN(Cc2cccc(CC(C)(C(=O)O)[C@H]3CCNC3)c2)CC23C4C5C6C4C2C6(C[C@@H](C(=O)O)[C@H]2CCNC2)C53)c1)(C(=O)O)[C@H]1CCNC1. The second-order valence-corrected chi connectivity index (χ2v) is 20.3. The van der Waals surface area contributed by atoms with Crippen LogP contribution in [0.2, 0.25) is 0 Å². The van der Waals surface area contributed by atoms with E-state index in [0.717, 1.165) is 119 Å². The molecule has 10 nitrogen and oxygen atoms in total. The number of benzene rings is 2. The number of hydrogen-bond acceptors (Lipinski definition) is 7. The summed E-state index contributed by atoms with van der Waals surface area (Å²) in [7, 11) is 0. The van der Waals surface area contributed by atoms with Crippen molar-refractivity contribution in [2.24, 2.45) is 80.8 Å². The first kappa shape index (κ1) is 37.0. The lowest BCUT2D eigenvalue weighted by atomic mass is 8.91. The van der Waals surface area contributed by atoms with Crippen molar-refractivity contribution < 1.29 is 29.7 Å². The van der Waals surface area contributed by atoms with E-state index in [9.17, 15) is 29.7 Å². The molecule has 0 spiro atoms. The highest BCUT2D eigenvalue weighted by molar-refractivity contribution is 5.76. The quantitative estimate of drug-likeness (QED) is 0.127. The smallest absolute Gasteiger partial charge is 0.310 e. The van der Waals surface area contributed by atoms with Crippen LogP contribution in [0.4, 0.5) is 0 Å². The number of carboxylic acid groups (broad SMARTS) is 3. The standard InChI is InChI=1S/C46H60N4O6/c1-43(41(53)54,31-10-13-48-21-31)17-26-5-3-7-28(15-26)23-50(24-29-8-4-6-27(16-29)18-44(2,42(55)56)32-11-14-49-22-32)25-46-37-34-36-35(37)39(46)45(36,38(34)46)19-33(40(51)52)30-9-12-47-20-30/h3-8,15-16,30-39,47-49H,9-14,17-25H2,1-2H3,(H,51,52)(H,53,54)(H,55,56)/t30-,31-,32-,33+,34?,35?,36?,37?,38?,39?,43?,44?,45?,46?/m0/s1. The Morgan fingerprint density at radius 3 is 1.64 bits per heavy atom. The largest absolute Gasteiger partial charge is 0.481 e. The molecule has 10 heteroatoms. The summed E-state index contributed by atoms with van der Waals surface area (Å²) in [5.41, 5.74) is 3.35. The molecular formula is C46H60N4O6. The van der Waals surface area contributed by atoms with Gasteiger partial charge in [-0.25, -0.2) is 0 Å². The minimum Gasteiger partial charge on any atom is -0.481 e. The molecule has 0 amide bonds. The van der Waals surface area contributed by atoms with Crippen molar-refractivity contribution in [2.45, 2.75) is 65.5 Å². The van der Waals surface area contributed by atoms with E-state index in [1.807, 2.05) is 13.8 Å². The fourth-order valence-corrected chi connectivity index (χ4v) is 15.5. The zero-order valence-corrected chi connectivity index (χ0v) is 33.0. The van der Waals surface area contributed by atoms with Crippen LogP contribution >= 0.6 is 0 Å². The molecule has 0 aromatic heterocycles. The predicted octanol–water partition coefficient (Wildman–Crippen LogP) is 4.61. The maximum absolute atomic E-state index is 12.7. The highest BCUT2D eigenvalue weighted by Gasteiger charge is 3.09. The second-order valence-electron chi connectivity index (χ2n) is 20.3. The maximum atomic E-state index is 12.7. The molecule has 9 fully saturated rings. The van der Waals surface area contributed by atoms with Crippen LogP contribution in [0.3, 0.4) is 0 Å². The van der Waals surface area contributed by atoms with Crippen molar-refractivity contribution in [2.75, 3.05) is 45.8 Å². The summed E-state index contributed by atoms with van der Waals surface area (Å²) >= 11 is 0. The number of carbonyl (C=O) groups is 3. The van der Waals surface area contributed by atoms with Gasteiger partial charge in [0.05, 0.1) is 16.7 Å². The van der Waals surface area contributed by atoms with Gasteiger partial charge < -0.3 is 31.3 Å². The Bertz CT molecular complexity index is 1810. The Labute approximate surface area is 330 Å². The molecule has 56 heavy (non-hydrogen) atoms. The van der Waals surface area contributed by atoms with Gasteiger partial charge >= 0.3 is 17.9 Å². The van der Waals surface area contributed by atoms with E-state index in [1.165, 1.54) is 11.1 Å². The Kier molecular flexibility index (Phi) is 8.65. The van der Waals surface area contributed by atoms with Crippen molar-refractivity contribution in [3.05, 3.63) is 70.8 Å². The zero-order chi connectivity index (χ0) is 38.8. The number of nitrogens with zero attached hydrogens (tertiary/aromatic N) is 1. The maximum Gasteiger partial charge on any atom is 0.310 e. The van der Waals surface area contributed by atoms with Crippen molar-refractivity contribution >= 4 is 17.9 Å². The Balaban J connectivity index is 0.914. The van der Waals surface area contributed by atoms with Gasteiger partial charge in [0.15, 0.2) is 0 Å². The van der Waals surface area contributed by atoms with Crippen LogP contribution in [-0.2, 0) is 40.3 Å². The van der Waals surface area contributed by atoms with Gasteiger partial charge in [-0.05, 0) is 178 Å². The van der Waals surface area contributed by atoms with Crippen molar-refractivity contribution in [1.29, 1.82) is 0 Å². The molecule has 0 radical (unpaired) electrons. The number of hydrogen-bond donors (Lipinski definition) is 6. The lowest BCUT2D eigenvalue weighted by molar-refractivity contribution is -0.661. The van der Waals surface area contributed by atoms with Crippen molar-refractivity contribution in [3.63, 3.8) is 0 Å². The topological polar surface area (TPSA) is 151 Å². The first-order valence-corrected chi connectivity index (χ1v) is 21.6.